The second-order valence-electron chi connectivity index (χ2n) is 6.44. The molecule has 0 spiro atoms. The van der Waals surface area contributed by atoms with Gasteiger partial charge in [-0.25, -0.2) is 8.42 Å². The Labute approximate surface area is 131 Å². The zero-order valence-corrected chi connectivity index (χ0v) is 13.1. The van der Waals surface area contributed by atoms with Gasteiger partial charge in [0.25, 0.3) is 0 Å². The van der Waals surface area contributed by atoms with Gasteiger partial charge in [-0.15, -0.1) is 0 Å². The molecule has 4 rings (SSSR count). The maximum absolute atomic E-state index is 13.1. The van der Waals surface area contributed by atoms with E-state index < -0.39 is 10.0 Å². The number of hydrogen-bond acceptors (Lipinski definition) is 3. The summed E-state index contributed by atoms with van der Waals surface area (Å²) >= 11 is 0. The van der Waals surface area contributed by atoms with Crippen molar-refractivity contribution in [3.8, 4) is 6.07 Å². The van der Waals surface area contributed by atoms with Gasteiger partial charge in [-0.3, -0.25) is 0 Å². The summed E-state index contributed by atoms with van der Waals surface area (Å²) in [6.07, 6.45) is 6.07. The first-order chi connectivity index (χ1) is 10.6. The fraction of sp³-hybridized carbons (Fsp3) is 0.471. The van der Waals surface area contributed by atoms with Crippen LogP contribution in [0.15, 0.2) is 40.3 Å². The van der Waals surface area contributed by atoms with Gasteiger partial charge in [0, 0.05) is 12.1 Å². The zero-order valence-electron chi connectivity index (χ0n) is 12.3. The van der Waals surface area contributed by atoms with Crippen molar-refractivity contribution in [1.82, 2.24) is 4.31 Å². The SMILES string of the molecule is N#Cc1ccccc1S(=O)(=O)N1C2CCC1CC(=C1CC1)C2. The Bertz CT molecular complexity index is 782. The van der Waals surface area contributed by atoms with E-state index in [2.05, 4.69) is 0 Å². The van der Waals surface area contributed by atoms with Crippen molar-refractivity contribution in [3.05, 3.63) is 41.0 Å². The number of hydrogen-bond donors (Lipinski definition) is 0. The molecule has 0 amide bonds. The van der Waals surface area contributed by atoms with Crippen molar-refractivity contribution in [1.29, 1.82) is 5.26 Å². The fourth-order valence-electron chi connectivity index (χ4n) is 3.97. The van der Waals surface area contributed by atoms with Crippen LogP contribution in [-0.2, 0) is 10.0 Å². The molecule has 3 fully saturated rings. The molecule has 2 aliphatic heterocycles. The highest BCUT2D eigenvalue weighted by molar-refractivity contribution is 7.89. The standard InChI is InChI=1S/C17H18N2O2S/c18-11-13-3-1-2-4-17(13)22(20,21)19-15-7-8-16(19)10-14(9-15)12-5-6-12/h1-4,15-16H,5-10H2. The normalized spacial score (nSPS) is 27.8. The summed E-state index contributed by atoms with van der Waals surface area (Å²) in [6.45, 7) is 0. The second-order valence-corrected chi connectivity index (χ2v) is 8.25. The smallest absolute Gasteiger partial charge is 0.207 e. The van der Waals surface area contributed by atoms with Crippen molar-refractivity contribution in [3.63, 3.8) is 0 Å². The average Bonchev–Trinajstić information content (AvgIpc) is 3.33. The lowest BCUT2D eigenvalue weighted by Crippen LogP contribution is -2.44. The van der Waals surface area contributed by atoms with E-state index in [-0.39, 0.29) is 22.5 Å². The van der Waals surface area contributed by atoms with Crippen LogP contribution in [0.1, 0.15) is 44.1 Å². The minimum atomic E-state index is -3.58. The summed E-state index contributed by atoms with van der Waals surface area (Å²) in [4.78, 5) is 0.164. The molecule has 1 aromatic carbocycles. The number of piperidine rings is 1. The molecule has 0 radical (unpaired) electrons. The summed E-state index contributed by atoms with van der Waals surface area (Å²) in [5.74, 6) is 0. The Balaban J connectivity index is 1.73. The molecule has 3 aliphatic rings. The molecular formula is C17H18N2O2S. The second kappa shape index (κ2) is 4.94. The number of benzene rings is 1. The Kier molecular flexibility index (Phi) is 3.14. The Morgan fingerprint density at radius 2 is 1.68 bits per heavy atom. The molecule has 2 unspecified atom stereocenters. The van der Waals surface area contributed by atoms with E-state index in [1.165, 1.54) is 18.4 Å². The lowest BCUT2D eigenvalue weighted by molar-refractivity contribution is 0.284. The van der Waals surface area contributed by atoms with Crippen LogP contribution in [0, 0.1) is 11.3 Å². The molecule has 1 aliphatic carbocycles. The Hall–Kier alpha value is -1.64. The third-order valence-electron chi connectivity index (χ3n) is 5.08. The summed E-state index contributed by atoms with van der Waals surface area (Å²) in [6, 6.07) is 8.71. The predicted molar refractivity (Wildman–Crippen MR) is 82.5 cm³/mol. The third-order valence-corrected chi connectivity index (χ3v) is 7.14. The van der Waals surface area contributed by atoms with Gasteiger partial charge < -0.3 is 0 Å². The zero-order chi connectivity index (χ0) is 15.3. The van der Waals surface area contributed by atoms with Crippen LogP contribution >= 0.6 is 0 Å². The van der Waals surface area contributed by atoms with Gasteiger partial charge in [0.2, 0.25) is 10.0 Å². The van der Waals surface area contributed by atoms with Crippen LogP contribution in [0.4, 0.5) is 0 Å². The van der Waals surface area contributed by atoms with Gasteiger partial charge >= 0.3 is 0 Å². The quantitative estimate of drug-likeness (QED) is 0.788. The highest BCUT2D eigenvalue weighted by Crippen LogP contribution is 2.46. The largest absolute Gasteiger partial charge is 0.244 e. The highest BCUT2D eigenvalue weighted by atomic mass is 32.2. The molecule has 2 heterocycles. The van der Waals surface area contributed by atoms with Crippen LogP contribution in [0.2, 0.25) is 0 Å². The van der Waals surface area contributed by atoms with Gasteiger partial charge in [-0.2, -0.15) is 9.57 Å². The number of nitriles is 1. The maximum atomic E-state index is 13.1. The van der Waals surface area contributed by atoms with Crippen molar-refractivity contribution in [2.75, 3.05) is 0 Å². The molecule has 1 aromatic rings. The van der Waals surface area contributed by atoms with E-state index in [1.54, 1.807) is 34.1 Å². The first-order valence-electron chi connectivity index (χ1n) is 7.83. The third kappa shape index (κ3) is 2.10. The topological polar surface area (TPSA) is 61.2 Å². The molecule has 114 valence electrons. The molecule has 5 heteroatoms. The molecule has 4 nitrogen and oxygen atoms in total. The van der Waals surface area contributed by atoms with Crippen LogP contribution in [0.5, 0.6) is 0 Å². The molecule has 2 saturated heterocycles. The molecular weight excluding hydrogens is 296 g/mol. The first kappa shape index (κ1) is 14.0. The summed E-state index contributed by atoms with van der Waals surface area (Å²) < 4.78 is 27.9. The lowest BCUT2D eigenvalue weighted by atomic mass is 9.98. The summed E-state index contributed by atoms with van der Waals surface area (Å²) in [7, 11) is -3.58. The minimum Gasteiger partial charge on any atom is -0.207 e. The van der Waals surface area contributed by atoms with Gasteiger partial charge in [0.05, 0.1) is 10.5 Å². The van der Waals surface area contributed by atoms with Crippen molar-refractivity contribution in [2.45, 2.75) is 55.5 Å². The molecule has 2 atom stereocenters. The summed E-state index contributed by atoms with van der Waals surface area (Å²) in [5.41, 5.74) is 3.31. The number of nitrogens with zero attached hydrogens (tertiary/aromatic N) is 2. The van der Waals surface area contributed by atoms with Crippen molar-refractivity contribution in [2.24, 2.45) is 0 Å². The Morgan fingerprint density at radius 3 is 2.27 bits per heavy atom. The van der Waals surface area contributed by atoms with Gasteiger partial charge in [0.15, 0.2) is 0 Å². The van der Waals surface area contributed by atoms with Crippen LogP contribution in [0.3, 0.4) is 0 Å². The Morgan fingerprint density at radius 1 is 1.05 bits per heavy atom. The van der Waals surface area contributed by atoms with E-state index in [1.807, 2.05) is 6.07 Å². The average molecular weight is 314 g/mol. The number of allylic oxidation sites excluding steroid dienone is 1. The van der Waals surface area contributed by atoms with E-state index in [0.29, 0.717) is 0 Å². The van der Waals surface area contributed by atoms with Gasteiger partial charge in [0.1, 0.15) is 6.07 Å². The molecule has 0 N–H and O–H groups in total. The van der Waals surface area contributed by atoms with Crippen LogP contribution in [-0.4, -0.2) is 24.8 Å². The fourth-order valence-corrected chi connectivity index (χ4v) is 5.98. The minimum absolute atomic E-state index is 0.0820. The van der Waals surface area contributed by atoms with Crippen LogP contribution in [0.25, 0.3) is 0 Å². The molecule has 2 bridgehead atoms. The maximum Gasteiger partial charge on any atom is 0.244 e. The van der Waals surface area contributed by atoms with E-state index in [9.17, 15) is 13.7 Å². The molecule has 0 aromatic heterocycles. The predicted octanol–water partition coefficient (Wildman–Crippen LogP) is 2.96. The van der Waals surface area contributed by atoms with Gasteiger partial charge in [-0.1, -0.05) is 23.3 Å². The van der Waals surface area contributed by atoms with E-state index in [0.717, 1.165) is 25.7 Å². The summed E-state index contributed by atoms with van der Waals surface area (Å²) in [5, 5.41) is 9.21. The monoisotopic (exact) mass is 314 g/mol. The van der Waals surface area contributed by atoms with Gasteiger partial charge in [-0.05, 0) is 50.7 Å². The first-order valence-corrected chi connectivity index (χ1v) is 9.27. The number of sulfonamides is 1. The van der Waals surface area contributed by atoms with Crippen LogP contribution < -0.4 is 0 Å². The molecule has 22 heavy (non-hydrogen) atoms. The number of fused-ring (bicyclic) bond motifs is 2. The van der Waals surface area contributed by atoms with E-state index >= 15 is 0 Å². The lowest BCUT2D eigenvalue weighted by Gasteiger charge is -2.35. The van der Waals surface area contributed by atoms with Crippen molar-refractivity contribution >= 4 is 10.0 Å². The van der Waals surface area contributed by atoms with Crippen molar-refractivity contribution < 1.29 is 8.42 Å². The highest BCUT2D eigenvalue weighted by Gasteiger charge is 2.47. The van der Waals surface area contributed by atoms with E-state index in [4.69, 9.17) is 0 Å². The molecule has 1 saturated carbocycles. The number of rotatable bonds is 2.